The van der Waals surface area contributed by atoms with Crippen molar-refractivity contribution in [3.8, 4) is 5.75 Å². The summed E-state index contributed by atoms with van der Waals surface area (Å²) in [6, 6.07) is 3.34. The largest absolute Gasteiger partial charge is 0.535 e. The first kappa shape index (κ1) is 27.1. The van der Waals surface area contributed by atoms with Crippen LogP contribution in [-0.4, -0.2) is 87.7 Å². The molecule has 1 aromatic carbocycles. The van der Waals surface area contributed by atoms with Crippen LogP contribution in [0.1, 0.15) is 41.0 Å². The number of hydrogen-bond donors (Lipinski definition) is 4. The van der Waals surface area contributed by atoms with Gasteiger partial charge in [0, 0.05) is 37.3 Å². The Kier molecular flexibility index (Phi) is 7.97. The van der Waals surface area contributed by atoms with Crippen molar-refractivity contribution in [1.82, 2.24) is 20.1 Å². The molecular weight excluding hydrogens is 517 g/mol. The van der Waals surface area contributed by atoms with Crippen LogP contribution < -0.4 is 15.7 Å². The fraction of sp³-hybridized carbons (Fsp3) is 0.391. The third-order valence-corrected chi connectivity index (χ3v) is 7.18. The third kappa shape index (κ3) is 5.63. The molecule has 1 unspecified atom stereocenters. The van der Waals surface area contributed by atoms with Crippen LogP contribution in [0.2, 0.25) is 5.82 Å². The van der Waals surface area contributed by atoms with Crippen molar-refractivity contribution in [3.63, 3.8) is 0 Å². The van der Waals surface area contributed by atoms with E-state index in [1.165, 1.54) is 16.3 Å². The zero-order valence-electron chi connectivity index (χ0n) is 20.5. The van der Waals surface area contributed by atoms with Gasteiger partial charge in [-0.2, -0.15) is 0 Å². The van der Waals surface area contributed by atoms with E-state index in [0.717, 1.165) is 16.2 Å². The first-order chi connectivity index (χ1) is 18.1. The fourth-order valence-corrected chi connectivity index (χ4v) is 5.09. The number of thiazole rings is 1. The molecule has 3 amide bonds. The van der Waals surface area contributed by atoms with Crippen molar-refractivity contribution in [2.75, 3.05) is 31.9 Å². The Hall–Kier alpha value is -3.98. The summed E-state index contributed by atoms with van der Waals surface area (Å²) in [5.41, 5.74) is 6.37. The molecule has 5 N–H and O–H groups in total. The van der Waals surface area contributed by atoms with Crippen LogP contribution in [0.5, 0.6) is 5.75 Å². The van der Waals surface area contributed by atoms with Crippen LogP contribution in [0.25, 0.3) is 0 Å². The molecule has 15 heteroatoms. The average molecular weight is 543 g/mol. The average Bonchev–Trinajstić information content (AvgIpc) is 3.31. The number of Topliss-reactive ketones (excluding diaryl/α,β-unsaturated/α-hetero) is 1. The number of carboxylic acids is 1. The number of carbonyl (C=O) groups excluding carboxylic acids is 4. The number of amides is 3. The number of aromatic carboxylic acids is 1. The minimum absolute atomic E-state index is 0.0516. The number of carbonyl (C=O) groups is 5. The number of nitrogens with two attached hydrogens (primary N) is 1. The van der Waals surface area contributed by atoms with Gasteiger partial charge in [-0.05, 0) is 25.0 Å². The lowest BCUT2D eigenvalue weighted by Crippen LogP contribution is -2.56. The number of nitrogens with zero attached hydrogens (tertiary/aromatic N) is 3. The van der Waals surface area contributed by atoms with Crippen LogP contribution in [0.15, 0.2) is 23.6 Å². The summed E-state index contributed by atoms with van der Waals surface area (Å²) in [5, 5.41) is 24.2. The summed E-state index contributed by atoms with van der Waals surface area (Å²) in [6.45, 7) is 2.18. The van der Waals surface area contributed by atoms with Crippen molar-refractivity contribution >= 4 is 53.1 Å². The van der Waals surface area contributed by atoms with Gasteiger partial charge < -0.3 is 35.6 Å². The molecule has 3 heterocycles. The van der Waals surface area contributed by atoms with Gasteiger partial charge >= 0.3 is 24.9 Å². The topological polar surface area (TPSA) is 192 Å². The van der Waals surface area contributed by atoms with E-state index in [-0.39, 0.29) is 41.5 Å². The summed E-state index contributed by atoms with van der Waals surface area (Å²) in [4.78, 5) is 68.9. The van der Waals surface area contributed by atoms with Gasteiger partial charge in [0.05, 0.1) is 11.3 Å². The van der Waals surface area contributed by atoms with Gasteiger partial charge in [0.25, 0.3) is 0 Å². The molecule has 1 saturated heterocycles. The normalized spacial score (nSPS) is 18.1. The number of carboxylic acid groups (broad SMARTS) is 1. The minimum atomic E-state index is -1.46. The number of nitrogens with one attached hydrogen (secondary N) is 1. The number of rotatable bonds is 9. The first-order valence-electron chi connectivity index (χ1n) is 11.9. The van der Waals surface area contributed by atoms with E-state index in [0.29, 0.717) is 18.7 Å². The van der Waals surface area contributed by atoms with Gasteiger partial charge in [0.2, 0.25) is 5.91 Å². The molecular formula is C23H26BN5O8S. The van der Waals surface area contributed by atoms with Gasteiger partial charge in [0.15, 0.2) is 10.9 Å². The Morgan fingerprint density at radius 3 is 2.63 bits per heavy atom. The molecule has 2 aromatic rings. The van der Waals surface area contributed by atoms with Crippen LogP contribution in [-0.2, 0) is 25.6 Å². The predicted octanol–water partition coefficient (Wildman–Crippen LogP) is -0.283. The highest BCUT2D eigenvalue weighted by atomic mass is 32.1. The predicted molar refractivity (Wildman–Crippen MR) is 135 cm³/mol. The number of piperazine rings is 1. The zero-order valence-corrected chi connectivity index (χ0v) is 21.3. The lowest BCUT2D eigenvalue weighted by molar-refractivity contribution is -0.156. The van der Waals surface area contributed by atoms with E-state index in [1.807, 2.05) is 0 Å². The standard InChI is InChI=1S/C23H26BN5O8S/c1-2-28-6-7-29(21(33)20(28)32)10-17(31)27-18(15-11-38-23(25)26-15)16(30)9-13-8-12-4-3-5-14(22(34)35)19(12)37-24(13)36/h3-5,11,13,18,36H,2,6-10H2,1H3,(H2,25,26)(H,27,31)(H,34,35)/t13-,18?/m1/s1. The van der Waals surface area contributed by atoms with Crippen molar-refractivity contribution in [2.24, 2.45) is 0 Å². The van der Waals surface area contributed by atoms with E-state index in [4.69, 9.17) is 10.4 Å². The summed E-state index contributed by atoms with van der Waals surface area (Å²) in [5.74, 6) is -4.53. The Labute approximate surface area is 221 Å². The number of hydrogen-bond acceptors (Lipinski definition) is 10. The number of benzene rings is 1. The summed E-state index contributed by atoms with van der Waals surface area (Å²) in [6.07, 6.45) is -0.0611. The van der Waals surface area contributed by atoms with Gasteiger partial charge in [-0.1, -0.05) is 12.1 Å². The van der Waals surface area contributed by atoms with Crippen molar-refractivity contribution < 1.29 is 38.8 Å². The summed E-state index contributed by atoms with van der Waals surface area (Å²) < 4.78 is 5.47. The van der Waals surface area contributed by atoms with Crippen LogP contribution >= 0.6 is 11.3 Å². The second-order valence-electron chi connectivity index (χ2n) is 8.96. The van der Waals surface area contributed by atoms with Crippen LogP contribution in [0, 0.1) is 0 Å². The zero-order chi connectivity index (χ0) is 27.6. The number of fused-ring (bicyclic) bond motifs is 1. The lowest BCUT2D eigenvalue weighted by Gasteiger charge is -2.33. The lowest BCUT2D eigenvalue weighted by atomic mass is 9.64. The molecule has 0 saturated carbocycles. The van der Waals surface area contributed by atoms with E-state index in [2.05, 4.69) is 10.3 Å². The van der Waals surface area contributed by atoms with Crippen molar-refractivity contribution in [1.29, 1.82) is 0 Å². The number of nitrogen functional groups attached to an aromatic ring is 1. The Bertz CT molecular complexity index is 1290. The molecule has 2 atom stereocenters. The maximum absolute atomic E-state index is 13.4. The molecule has 2 aliphatic heterocycles. The van der Waals surface area contributed by atoms with Crippen molar-refractivity contribution in [2.45, 2.75) is 31.6 Å². The molecule has 38 heavy (non-hydrogen) atoms. The second-order valence-corrected chi connectivity index (χ2v) is 9.85. The fourth-order valence-electron chi connectivity index (χ4n) is 4.50. The quantitative estimate of drug-likeness (QED) is 0.241. The number of ketones is 1. The smallest absolute Gasteiger partial charge is 0.526 e. The van der Waals surface area contributed by atoms with E-state index < -0.39 is 55.0 Å². The molecule has 0 aliphatic carbocycles. The third-order valence-electron chi connectivity index (χ3n) is 6.49. The Balaban J connectivity index is 1.47. The molecule has 0 radical (unpaired) electrons. The van der Waals surface area contributed by atoms with E-state index in [1.54, 1.807) is 19.1 Å². The number of anilines is 1. The van der Waals surface area contributed by atoms with Gasteiger partial charge in [0.1, 0.15) is 18.3 Å². The number of para-hydroxylation sites is 1. The highest BCUT2D eigenvalue weighted by Crippen LogP contribution is 2.37. The molecule has 200 valence electrons. The van der Waals surface area contributed by atoms with E-state index in [9.17, 15) is 34.1 Å². The van der Waals surface area contributed by atoms with Gasteiger partial charge in [-0.25, -0.2) is 9.78 Å². The Morgan fingerprint density at radius 2 is 1.97 bits per heavy atom. The number of likely N-dealkylation sites (N-methyl/N-ethyl adjacent to an activating group) is 1. The molecule has 0 spiro atoms. The summed E-state index contributed by atoms with van der Waals surface area (Å²) in [7, 11) is -1.46. The van der Waals surface area contributed by atoms with Crippen molar-refractivity contribution in [3.05, 3.63) is 40.4 Å². The van der Waals surface area contributed by atoms with Gasteiger partial charge in [-0.15, -0.1) is 11.3 Å². The van der Waals surface area contributed by atoms with E-state index >= 15 is 0 Å². The monoisotopic (exact) mass is 543 g/mol. The molecule has 13 nitrogen and oxygen atoms in total. The minimum Gasteiger partial charge on any atom is -0.535 e. The molecule has 4 rings (SSSR count). The highest BCUT2D eigenvalue weighted by molar-refractivity contribution is 7.13. The highest BCUT2D eigenvalue weighted by Gasteiger charge is 2.40. The maximum Gasteiger partial charge on any atom is 0.526 e. The summed E-state index contributed by atoms with van der Waals surface area (Å²) >= 11 is 1.08. The second kappa shape index (κ2) is 11.2. The van der Waals surface area contributed by atoms with Gasteiger partial charge in [-0.3, -0.25) is 19.2 Å². The SMILES string of the molecule is CCN1CCN(CC(=O)NC(C(=O)C[C@H]2Cc3cccc(C(=O)O)c3OB2O)c2csc(N)n2)C(=O)C1=O. The molecule has 1 aromatic heterocycles. The number of aromatic nitrogens is 1. The van der Waals surface area contributed by atoms with Crippen LogP contribution in [0.4, 0.5) is 5.13 Å². The molecule has 1 fully saturated rings. The molecule has 2 aliphatic rings. The maximum atomic E-state index is 13.4. The Morgan fingerprint density at radius 1 is 1.26 bits per heavy atom. The van der Waals surface area contributed by atoms with Crippen LogP contribution in [0.3, 0.4) is 0 Å². The molecule has 0 bridgehead atoms. The first-order valence-corrected chi connectivity index (χ1v) is 12.8.